The van der Waals surface area contributed by atoms with E-state index >= 15 is 0 Å². The van der Waals surface area contributed by atoms with Gasteiger partial charge in [-0.3, -0.25) is 4.98 Å². The highest BCUT2D eigenvalue weighted by molar-refractivity contribution is 7.91. The Hall–Kier alpha value is -0.980. The lowest BCUT2D eigenvalue weighted by molar-refractivity contribution is 0.165. The highest BCUT2D eigenvalue weighted by Crippen LogP contribution is 2.12. The minimum absolute atomic E-state index is 0.00836. The van der Waals surface area contributed by atoms with E-state index < -0.39 is 15.9 Å². The van der Waals surface area contributed by atoms with Gasteiger partial charge in [-0.05, 0) is 11.6 Å². The first kappa shape index (κ1) is 11.5. The third-order valence-electron chi connectivity index (χ3n) is 2.61. The molecule has 6 heteroatoms. The van der Waals surface area contributed by atoms with Crippen molar-refractivity contribution in [3.63, 3.8) is 0 Å². The summed E-state index contributed by atoms with van der Waals surface area (Å²) in [5, 5.41) is 12.6. The number of rotatable bonds is 3. The van der Waals surface area contributed by atoms with Gasteiger partial charge in [-0.2, -0.15) is 0 Å². The lowest BCUT2D eigenvalue weighted by Gasteiger charge is -2.14. The van der Waals surface area contributed by atoms with Crippen LogP contribution in [-0.2, 0) is 16.4 Å². The van der Waals surface area contributed by atoms with Gasteiger partial charge in [0, 0.05) is 25.0 Å². The van der Waals surface area contributed by atoms with Gasteiger partial charge in [-0.15, -0.1) is 0 Å². The molecule has 1 aliphatic rings. The molecule has 16 heavy (non-hydrogen) atoms. The van der Waals surface area contributed by atoms with E-state index in [-0.39, 0.29) is 17.5 Å². The second-order valence-electron chi connectivity index (χ2n) is 3.99. The molecule has 1 fully saturated rings. The van der Waals surface area contributed by atoms with Gasteiger partial charge in [0.05, 0.1) is 17.6 Å². The molecule has 1 saturated heterocycles. The van der Waals surface area contributed by atoms with Crippen molar-refractivity contribution in [2.45, 2.75) is 18.7 Å². The fourth-order valence-electron chi connectivity index (χ4n) is 1.78. The predicted molar refractivity (Wildman–Crippen MR) is 59.5 cm³/mol. The van der Waals surface area contributed by atoms with E-state index in [2.05, 4.69) is 10.3 Å². The van der Waals surface area contributed by atoms with E-state index in [0.717, 1.165) is 5.56 Å². The zero-order valence-electron chi connectivity index (χ0n) is 8.70. The minimum atomic E-state index is -3.08. The SMILES string of the molecule is O=S1(=O)C[C@@H](O)[C@H](NCc2cccnc2)C1. The van der Waals surface area contributed by atoms with Gasteiger partial charge >= 0.3 is 0 Å². The first-order valence-electron chi connectivity index (χ1n) is 5.07. The molecule has 0 radical (unpaired) electrons. The van der Waals surface area contributed by atoms with Crippen LogP contribution < -0.4 is 5.32 Å². The Kier molecular flexibility index (Phi) is 3.22. The number of aliphatic hydroxyl groups is 1. The number of pyridine rings is 1. The van der Waals surface area contributed by atoms with Crippen molar-refractivity contribution in [3.05, 3.63) is 30.1 Å². The quantitative estimate of drug-likeness (QED) is 0.735. The van der Waals surface area contributed by atoms with Crippen LogP contribution in [0.25, 0.3) is 0 Å². The second-order valence-corrected chi connectivity index (χ2v) is 6.15. The molecule has 0 unspecified atom stereocenters. The number of nitrogens with zero attached hydrogens (tertiary/aromatic N) is 1. The van der Waals surface area contributed by atoms with E-state index in [1.807, 2.05) is 12.1 Å². The maximum Gasteiger partial charge on any atom is 0.154 e. The number of aliphatic hydroxyl groups excluding tert-OH is 1. The summed E-state index contributed by atoms with van der Waals surface area (Å²) in [6.07, 6.45) is 2.59. The fourth-order valence-corrected chi connectivity index (χ4v) is 3.55. The van der Waals surface area contributed by atoms with Crippen LogP contribution in [0.5, 0.6) is 0 Å². The summed E-state index contributed by atoms with van der Waals surface area (Å²) < 4.78 is 22.5. The normalized spacial score (nSPS) is 28.1. The molecule has 0 aromatic carbocycles. The van der Waals surface area contributed by atoms with Crippen LogP contribution in [0.4, 0.5) is 0 Å². The summed E-state index contributed by atoms with van der Waals surface area (Å²) in [6.45, 7) is 0.519. The van der Waals surface area contributed by atoms with Gasteiger partial charge < -0.3 is 10.4 Å². The molecule has 2 heterocycles. The Labute approximate surface area is 94.4 Å². The van der Waals surface area contributed by atoms with Gasteiger partial charge in [0.1, 0.15) is 0 Å². The van der Waals surface area contributed by atoms with Crippen LogP contribution in [-0.4, -0.2) is 42.2 Å². The lowest BCUT2D eigenvalue weighted by Crippen LogP contribution is -2.38. The van der Waals surface area contributed by atoms with Gasteiger partial charge in [-0.1, -0.05) is 6.07 Å². The van der Waals surface area contributed by atoms with E-state index in [0.29, 0.717) is 6.54 Å². The first-order valence-corrected chi connectivity index (χ1v) is 6.90. The molecule has 0 spiro atoms. The van der Waals surface area contributed by atoms with Crippen LogP contribution in [0.3, 0.4) is 0 Å². The van der Waals surface area contributed by atoms with Gasteiger partial charge in [0.2, 0.25) is 0 Å². The van der Waals surface area contributed by atoms with Crippen molar-refractivity contribution in [2.75, 3.05) is 11.5 Å². The van der Waals surface area contributed by atoms with Crippen molar-refractivity contribution >= 4 is 9.84 Å². The van der Waals surface area contributed by atoms with Crippen molar-refractivity contribution in [1.29, 1.82) is 0 Å². The lowest BCUT2D eigenvalue weighted by atomic mass is 10.2. The largest absolute Gasteiger partial charge is 0.390 e. The molecule has 0 amide bonds. The Morgan fingerprint density at radius 3 is 2.88 bits per heavy atom. The average Bonchev–Trinajstić information content (AvgIpc) is 2.50. The summed E-state index contributed by atoms with van der Waals surface area (Å²) in [5.74, 6) is -0.133. The maximum absolute atomic E-state index is 11.3. The Morgan fingerprint density at radius 1 is 1.50 bits per heavy atom. The molecule has 2 atom stereocenters. The third-order valence-corrected chi connectivity index (χ3v) is 4.33. The van der Waals surface area contributed by atoms with E-state index in [1.165, 1.54) is 0 Å². The zero-order chi connectivity index (χ0) is 11.6. The van der Waals surface area contributed by atoms with Gasteiger partial charge in [-0.25, -0.2) is 8.42 Å². The minimum Gasteiger partial charge on any atom is -0.390 e. The highest BCUT2D eigenvalue weighted by Gasteiger charge is 2.35. The molecule has 2 rings (SSSR count). The molecule has 1 aliphatic heterocycles. The first-order chi connectivity index (χ1) is 7.57. The molecule has 1 aromatic heterocycles. The van der Waals surface area contributed by atoms with Crippen molar-refractivity contribution in [2.24, 2.45) is 0 Å². The summed E-state index contributed by atoms with van der Waals surface area (Å²) in [6, 6.07) is 3.35. The van der Waals surface area contributed by atoms with E-state index in [4.69, 9.17) is 0 Å². The number of hydrogen-bond acceptors (Lipinski definition) is 5. The van der Waals surface area contributed by atoms with Crippen LogP contribution in [0.15, 0.2) is 24.5 Å². The number of aromatic nitrogens is 1. The van der Waals surface area contributed by atoms with Gasteiger partial charge in [0.25, 0.3) is 0 Å². The van der Waals surface area contributed by atoms with Crippen LogP contribution in [0.1, 0.15) is 5.56 Å². The molecule has 0 aliphatic carbocycles. The standard InChI is InChI=1S/C10H14N2O3S/c13-10-7-16(14,15)6-9(10)12-5-8-2-1-3-11-4-8/h1-4,9-10,12-13H,5-7H2/t9-,10-/m1/s1. The Balaban J connectivity index is 1.92. The third kappa shape index (κ3) is 2.78. The Morgan fingerprint density at radius 2 is 2.31 bits per heavy atom. The molecule has 0 bridgehead atoms. The topological polar surface area (TPSA) is 79.3 Å². The van der Waals surface area contributed by atoms with Gasteiger partial charge in [0.15, 0.2) is 9.84 Å². The number of hydrogen-bond donors (Lipinski definition) is 2. The van der Waals surface area contributed by atoms with E-state index in [1.54, 1.807) is 12.4 Å². The van der Waals surface area contributed by atoms with Crippen molar-refractivity contribution < 1.29 is 13.5 Å². The maximum atomic E-state index is 11.3. The second kappa shape index (κ2) is 4.48. The summed E-state index contributed by atoms with van der Waals surface area (Å²) in [5.41, 5.74) is 0.971. The van der Waals surface area contributed by atoms with Crippen molar-refractivity contribution in [3.8, 4) is 0 Å². The van der Waals surface area contributed by atoms with Crippen LogP contribution >= 0.6 is 0 Å². The molecule has 5 nitrogen and oxygen atoms in total. The Bertz CT molecular complexity index is 446. The van der Waals surface area contributed by atoms with Crippen molar-refractivity contribution in [1.82, 2.24) is 10.3 Å². The summed E-state index contributed by atoms with van der Waals surface area (Å²) in [4.78, 5) is 3.96. The molecular weight excluding hydrogens is 228 g/mol. The number of nitrogens with one attached hydrogen (secondary N) is 1. The zero-order valence-corrected chi connectivity index (χ0v) is 9.52. The fraction of sp³-hybridized carbons (Fsp3) is 0.500. The smallest absolute Gasteiger partial charge is 0.154 e. The summed E-state index contributed by atoms with van der Waals surface area (Å²) in [7, 11) is -3.08. The van der Waals surface area contributed by atoms with Crippen LogP contribution in [0, 0.1) is 0 Å². The summed E-state index contributed by atoms with van der Waals surface area (Å²) >= 11 is 0. The average molecular weight is 242 g/mol. The monoisotopic (exact) mass is 242 g/mol. The predicted octanol–water partition coefficient (Wildman–Crippen LogP) is -0.671. The van der Waals surface area contributed by atoms with Crippen LogP contribution in [0.2, 0.25) is 0 Å². The molecular formula is C10H14N2O3S. The highest BCUT2D eigenvalue weighted by atomic mass is 32.2. The number of sulfone groups is 1. The molecule has 88 valence electrons. The molecule has 2 N–H and O–H groups in total. The molecule has 0 saturated carbocycles. The molecule has 1 aromatic rings. The van der Waals surface area contributed by atoms with E-state index in [9.17, 15) is 13.5 Å².